The van der Waals surface area contributed by atoms with Crippen molar-refractivity contribution in [2.45, 2.75) is 12.5 Å². The minimum Gasteiger partial charge on any atom is -0.480 e. The van der Waals surface area contributed by atoms with Crippen LogP contribution in [0.1, 0.15) is 6.42 Å². The van der Waals surface area contributed by atoms with E-state index in [9.17, 15) is 19.2 Å². The molecule has 17 heavy (non-hydrogen) atoms. The molecule has 0 aliphatic carbocycles. The van der Waals surface area contributed by atoms with Crippen LogP contribution in [0, 0.1) is 0 Å². The zero-order chi connectivity index (χ0) is 13.4. The molecule has 0 radical (unpaired) electrons. The summed E-state index contributed by atoms with van der Waals surface area (Å²) in [5.74, 6) is -3.32. The zero-order valence-corrected chi connectivity index (χ0v) is 8.93. The molecule has 9 heteroatoms. The summed E-state index contributed by atoms with van der Waals surface area (Å²) in [6.45, 7) is -0.958. The number of rotatable bonds is 7. The van der Waals surface area contributed by atoms with E-state index in [0.717, 1.165) is 0 Å². The van der Waals surface area contributed by atoms with Crippen molar-refractivity contribution >= 4 is 23.7 Å². The number of nitrogens with one attached hydrogen (secondary N) is 2. The SMILES string of the molecule is NC(=O)CC(N)C(=O)NCC(=O)NCC(=O)O. The summed E-state index contributed by atoms with van der Waals surface area (Å²) in [5.41, 5.74) is 10.1. The number of amides is 3. The first-order valence-electron chi connectivity index (χ1n) is 4.63. The highest BCUT2D eigenvalue weighted by Gasteiger charge is 2.16. The van der Waals surface area contributed by atoms with Gasteiger partial charge in [0.25, 0.3) is 0 Å². The molecule has 0 heterocycles. The molecule has 0 aromatic rings. The summed E-state index contributed by atoms with van der Waals surface area (Å²) in [6.07, 6.45) is -0.331. The van der Waals surface area contributed by atoms with Gasteiger partial charge in [-0.15, -0.1) is 0 Å². The molecule has 0 bridgehead atoms. The van der Waals surface area contributed by atoms with Gasteiger partial charge < -0.3 is 27.2 Å². The Morgan fingerprint density at radius 3 is 2.18 bits per heavy atom. The number of hydrogen-bond donors (Lipinski definition) is 5. The number of carbonyl (C=O) groups is 4. The monoisotopic (exact) mass is 246 g/mol. The van der Waals surface area contributed by atoms with Gasteiger partial charge in [-0.1, -0.05) is 0 Å². The number of carboxylic acid groups (broad SMARTS) is 1. The third-order valence-electron chi connectivity index (χ3n) is 1.62. The first-order valence-corrected chi connectivity index (χ1v) is 4.63. The Bertz CT molecular complexity index is 330. The summed E-state index contributed by atoms with van der Waals surface area (Å²) in [6, 6.07) is -1.13. The lowest BCUT2D eigenvalue weighted by Crippen LogP contribution is -2.46. The van der Waals surface area contributed by atoms with Crippen molar-refractivity contribution in [3.8, 4) is 0 Å². The van der Waals surface area contributed by atoms with Gasteiger partial charge in [0.2, 0.25) is 17.7 Å². The highest BCUT2D eigenvalue weighted by molar-refractivity contribution is 5.91. The molecular formula is C8H14N4O5. The summed E-state index contributed by atoms with van der Waals surface area (Å²) in [4.78, 5) is 42.7. The van der Waals surface area contributed by atoms with E-state index in [1.807, 2.05) is 5.32 Å². The molecule has 0 aromatic heterocycles. The van der Waals surface area contributed by atoms with Gasteiger partial charge >= 0.3 is 5.97 Å². The topological polar surface area (TPSA) is 165 Å². The molecule has 0 aliphatic rings. The van der Waals surface area contributed by atoms with Gasteiger partial charge in [-0.25, -0.2) is 0 Å². The smallest absolute Gasteiger partial charge is 0.322 e. The van der Waals surface area contributed by atoms with Crippen LogP contribution < -0.4 is 22.1 Å². The van der Waals surface area contributed by atoms with E-state index in [2.05, 4.69) is 5.32 Å². The molecule has 0 saturated carbocycles. The third kappa shape index (κ3) is 7.73. The van der Waals surface area contributed by atoms with Gasteiger partial charge in [-0.3, -0.25) is 19.2 Å². The van der Waals surface area contributed by atoms with E-state index in [1.54, 1.807) is 0 Å². The van der Waals surface area contributed by atoms with Crippen LogP contribution in [0.4, 0.5) is 0 Å². The molecule has 1 unspecified atom stereocenters. The average molecular weight is 246 g/mol. The van der Waals surface area contributed by atoms with Gasteiger partial charge in [0, 0.05) is 0 Å². The highest BCUT2D eigenvalue weighted by atomic mass is 16.4. The fraction of sp³-hybridized carbons (Fsp3) is 0.500. The normalized spacial score (nSPS) is 11.4. The van der Waals surface area contributed by atoms with E-state index in [-0.39, 0.29) is 6.42 Å². The fourth-order valence-corrected chi connectivity index (χ4v) is 0.845. The van der Waals surface area contributed by atoms with Crippen molar-refractivity contribution in [2.75, 3.05) is 13.1 Å². The van der Waals surface area contributed by atoms with Gasteiger partial charge in [0.15, 0.2) is 0 Å². The summed E-state index contributed by atoms with van der Waals surface area (Å²) >= 11 is 0. The van der Waals surface area contributed by atoms with Gasteiger partial charge in [-0.05, 0) is 0 Å². The Labute approximate surface area is 96.5 Å². The van der Waals surface area contributed by atoms with Crippen molar-refractivity contribution in [1.29, 1.82) is 0 Å². The molecular weight excluding hydrogens is 232 g/mol. The molecule has 0 fully saturated rings. The van der Waals surface area contributed by atoms with Gasteiger partial charge in [-0.2, -0.15) is 0 Å². The van der Waals surface area contributed by atoms with Crippen LogP contribution in [0.3, 0.4) is 0 Å². The number of carbonyl (C=O) groups excluding carboxylic acids is 3. The Morgan fingerprint density at radius 2 is 1.71 bits per heavy atom. The van der Waals surface area contributed by atoms with Crippen molar-refractivity contribution in [1.82, 2.24) is 10.6 Å². The Kier molecular flexibility index (Phi) is 6.26. The molecule has 0 aromatic carbocycles. The van der Waals surface area contributed by atoms with Crippen LogP contribution in [0.2, 0.25) is 0 Å². The van der Waals surface area contributed by atoms with Gasteiger partial charge in [0.1, 0.15) is 6.54 Å². The molecule has 0 rings (SSSR count). The lowest BCUT2D eigenvalue weighted by Gasteiger charge is -2.10. The minimum atomic E-state index is -1.20. The first-order chi connectivity index (χ1) is 7.82. The number of aliphatic carboxylic acids is 1. The Morgan fingerprint density at radius 1 is 1.12 bits per heavy atom. The fourth-order valence-electron chi connectivity index (χ4n) is 0.845. The van der Waals surface area contributed by atoms with E-state index in [1.165, 1.54) is 0 Å². The molecule has 0 aliphatic heterocycles. The second-order valence-corrected chi connectivity index (χ2v) is 3.17. The summed E-state index contributed by atoms with van der Waals surface area (Å²) in [5, 5.41) is 12.4. The van der Waals surface area contributed by atoms with Crippen LogP contribution in [-0.4, -0.2) is 47.9 Å². The molecule has 1 atom stereocenters. The molecule has 9 nitrogen and oxygen atoms in total. The highest BCUT2D eigenvalue weighted by Crippen LogP contribution is 1.86. The van der Waals surface area contributed by atoms with Crippen molar-refractivity contribution < 1.29 is 24.3 Å². The summed E-state index contributed by atoms with van der Waals surface area (Å²) in [7, 11) is 0. The maximum absolute atomic E-state index is 11.2. The maximum Gasteiger partial charge on any atom is 0.322 e. The van der Waals surface area contributed by atoms with E-state index in [0.29, 0.717) is 0 Å². The lowest BCUT2D eigenvalue weighted by molar-refractivity contribution is -0.137. The lowest BCUT2D eigenvalue weighted by atomic mass is 10.2. The number of primary amides is 1. The van der Waals surface area contributed by atoms with Crippen LogP contribution in [0.5, 0.6) is 0 Å². The van der Waals surface area contributed by atoms with Gasteiger partial charge in [0.05, 0.1) is 19.0 Å². The Hall–Kier alpha value is -2.16. The van der Waals surface area contributed by atoms with Crippen LogP contribution >= 0.6 is 0 Å². The maximum atomic E-state index is 11.2. The average Bonchev–Trinajstić information content (AvgIpc) is 2.21. The largest absolute Gasteiger partial charge is 0.480 e. The number of hydrogen-bond acceptors (Lipinski definition) is 5. The second-order valence-electron chi connectivity index (χ2n) is 3.17. The van der Waals surface area contributed by atoms with Crippen molar-refractivity contribution in [3.63, 3.8) is 0 Å². The Balaban J connectivity index is 3.87. The van der Waals surface area contributed by atoms with Crippen molar-refractivity contribution in [3.05, 3.63) is 0 Å². The predicted octanol–water partition coefficient (Wildman–Crippen LogP) is -3.49. The van der Waals surface area contributed by atoms with E-state index < -0.39 is 42.8 Å². The molecule has 7 N–H and O–H groups in total. The standard InChI is InChI=1S/C8H14N4O5/c9-4(1-5(10)13)8(17)12-2-6(14)11-3-7(15)16/h4H,1-3,9H2,(H2,10,13)(H,11,14)(H,12,17)(H,15,16). The first kappa shape index (κ1) is 14.8. The van der Waals surface area contributed by atoms with Crippen LogP contribution in [0.25, 0.3) is 0 Å². The quantitative estimate of drug-likeness (QED) is 0.312. The van der Waals surface area contributed by atoms with Crippen LogP contribution in [-0.2, 0) is 19.2 Å². The van der Waals surface area contributed by atoms with E-state index in [4.69, 9.17) is 16.6 Å². The van der Waals surface area contributed by atoms with E-state index >= 15 is 0 Å². The van der Waals surface area contributed by atoms with Crippen LogP contribution in [0.15, 0.2) is 0 Å². The van der Waals surface area contributed by atoms with Crippen molar-refractivity contribution in [2.24, 2.45) is 11.5 Å². The number of nitrogens with two attached hydrogens (primary N) is 2. The second kappa shape index (κ2) is 7.17. The third-order valence-corrected chi connectivity index (χ3v) is 1.62. The molecule has 0 saturated heterocycles. The molecule has 96 valence electrons. The zero-order valence-electron chi connectivity index (χ0n) is 8.93. The number of carboxylic acids is 1. The predicted molar refractivity (Wildman–Crippen MR) is 55.4 cm³/mol. The molecule has 3 amide bonds. The summed E-state index contributed by atoms with van der Waals surface area (Å²) < 4.78 is 0. The minimum absolute atomic E-state index is 0.331. The molecule has 0 spiro atoms.